The summed E-state index contributed by atoms with van der Waals surface area (Å²) < 4.78 is 38.0. The van der Waals surface area contributed by atoms with E-state index in [1.165, 1.54) is 0 Å². The van der Waals surface area contributed by atoms with E-state index < -0.39 is 48.0 Å². The SMILES string of the molecule is COC(=O)[C@@H]1[C@@H]2CC[C@H](CC2(F)F)N1C(=O)OC(C)(C)C. The highest BCUT2D eigenvalue weighted by Crippen LogP contribution is 2.49. The van der Waals surface area contributed by atoms with Crippen LogP contribution in [0, 0.1) is 5.92 Å². The molecule has 3 rings (SSSR count). The van der Waals surface area contributed by atoms with Gasteiger partial charge in [-0.25, -0.2) is 18.4 Å². The zero-order valence-electron chi connectivity index (χ0n) is 12.7. The van der Waals surface area contributed by atoms with E-state index in [9.17, 15) is 18.4 Å². The molecular formula is C14H21F2NO4. The maximum absolute atomic E-state index is 14.0. The number of carbonyl (C=O) groups excluding carboxylic acids is 2. The third-order valence-corrected chi connectivity index (χ3v) is 3.98. The summed E-state index contributed by atoms with van der Waals surface area (Å²) in [5.41, 5.74) is -0.753. The van der Waals surface area contributed by atoms with Crippen LogP contribution in [-0.4, -0.2) is 47.7 Å². The summed E-state index contributed by atoms with van der Waals surface area (Å²) in [4.78, 5) is 25.4. The Morgan fingerprint density at radius 2 is 1.86 bits per heavy atom. The molecule has 2 heterocycles. The third kappa shape index (κ3) is 2.96. The van der Waals surface area contributed by atoms with Crippen molar-refractivity contribution in [2.24, 2.45) is 5.92 Å². The molecule has 2 aliphatic heterocycles. The first-order valence-electron chi connectivity index (χ1n) is 7.04. The number of methoxy groups -OCH3 is 1. The van der Waals surface area contributed by atoms with Crippen LogP contribution in [0.2, 0.25) is 0 Å². The van der Waals surface area contributed by atoms with Gasteiger partial charge in [0.25, 0.3) is 5.92 Å². The average molecular weight is 305 g/mol. The van der Waals surface area contributed by atoms with Crippen molar-refractivity contribution < 1.29 is 27.8 Å². The number of esters is 1. The number of piperidine rings is 2. The van der Waals surface area contributed by atoms with Crippen LogP contribution < -0.4 is 0 Å². The summed E-state index contributed by atoms with van der Waals surface area (Å²) in [7, 11) is 1.13. The smallest absolute Gasteiger partial charge is 0.411 e. The first-order chi connectivity index (χ1) is 9.57. The third-order valence-electron chi connectivity index (χ3n) is 3.98. The molecule has 0 aromatic heterocycles. The van der Waals surface area contributed by atoms with E-state index in [1.54, 1.807) is 20.8 Å². The maximum atomic E-state index is 14.0. The van der Waals surface area contributed by atoms with Crippen LogP contribution in [0.25, 0.3) is 0 Å². The lowest BCUT2D eigenvalue weighted by atomic mass is 9.72. The Morgan fingerprint density at radius 3 is 2.33 bits per heavy atom. The van der Waals surface area contributed by atoms with Gasteiger partial charge in [-0.1, -0.05) is 0 Å². The van der Waals surface area contributed by atoms with Crippen LogP contribution >= 0.6 is 0 Å². The topological polar surface area (TPSA) is 55.8 Å². The van der Waals surface area contributed by atoms with E-state index >= 15 is 0 Å². The minimum atomic E-state index is -2.96. The van der Waals surface area contributed by atoms with Crippen molar-refractivity contribution in [1.29, 1.82) is 0 Å². The Kier molecular flexibility index (Phi) is 3.88. The molecule has 1 amide bonds. The molecule has 120 valence electrons. The minimum absolute atomic E-state index is 0.205. The van der Waals surface area contributed by atoms with Crippen molar-refractivity contribution >= 4 is 12.1 Å². The number of hydrogen-bond acceptors (Lipinski definition) is 4. The Morgan fingerprint density at radius 1 is 1.24 bits per heavy atom. The van der Waals surface area contributed by atoms with Gasteiger partial charge in [-0.05, 0) is 33.6 Å². The van der Waals surface area contributed by atoms with Crippen molar-refractivity contribution in [2.75, 3.05) is 7.11 Å². The molecule has 3 fully saturated rings. The first-order valence-corrected chi connectivity index (χ1v) is 7.04. The van der Waals surface area contributed by atoms with E-state index in [1.807, 2.05) is 0 Å². The van der Waals surface area contributed by atoms with Gasteiger partial charge < -0.3 is 9.47 Å². The number of alkyl halides is 2. The second-order valence-electron chi connectivity index (χ2n) is 6.66. The lowest BCUT2D eigenvalue weighted by Gasteiger charge is -2.52. The second kappa shape index (κ2) is 5.10. The zero-order valence-corrected chi connectivity index (χ0v) is 12.7. The molecule has 2 bridgehead atoms. The molecule has 3 atom stereocenters. The summed E-state index contributed by atoms with van der Waals surface area (Å²) in [6.45, 7) is 5.07. The Hall–Kier alpha value is -1.40. The van der Waals surface area contributed by atoms with E-state index in [2.05, 4.69) is 4.74 Å². The monoisotopic (exact) mass is 305 g/mol. The van der Waals surface area contributed by atoms with Gasteiger partial charge in [0.2, 0.25) is 0 Å². The highest BCUT2D eigenvalue weighted by atomic mass is 19.3. The highest BCUT2D eigenvalue weighted by molar-refractivity contribution is 5.83. The van der Waals surface area contributed by atoms with Gasteiger partial charge in [0.1, 0.15) is 11.6 Å². The van der Waals surface area contributed by atoms with Gasteiger partial charge in [-0.3, -0.25) is 4.90 Å². The average Bonchev–Trinajstić information content (AvgIpc) is 2.33. The summed E-state index contributed by atoms with van der Waals surface area (Å²) >= 11 is 0. The minimum Gasteiger partial charge on any atom is -0.467 e. The van der Waals surface area contributed by atoms with Gasteiger partial charge in [-0.2, -0.15) is 0 Å². The van der Waals surface area contributed by atoms with Crippen LogP contribution in [0.4, 0.5) is 13.6 Å². The molecule has 2 saturated heterocycles. The number of ether oxygens (including phenoxy) is 2. The molecule has 0 spiro atoms. The van der Waals surface area contributed by atoms with Crippen molar-refractivity contribution in [3.05, 3.63) is 0 Å². The number of hydrogen-bond donors (Lipinski definition) is 0. The number of halogens is 2. The molecule has 7 heteroatoms. The number of carbonyl (C=O) groups is 2. The first kappa shape index (κ1) is 16.0. The van der Waals surface area contributed by atoms with Crippen LogP contribution in [0.3, 0.4) is 0 Å². The standard InChI is InChI=1S/C14H21F2NO4/c1-13(2,3)21-12(19)17-8-5-6-9(14(15,16)7-8)10(17)11(18)20-4/h8-10H,5-7H2,1-4H3/t8-,9+,10+/m1/s1. The van der Waals surface area contributed by atoms with Crippen LogP contribution in [0.5, 0.6) is 0 Å². The van der Waals surface area contributed by atoms with Crippen LogP contribution in [-0.2, 0) is 14.3 Å². The highest BCUT2D eigenvalue weighted by Gasteiger charge is 2.61. The fourth-order valence-electron chi connectivity index (χ4n) is 3.17. The fraction of sp³-hybridized carbons (Fsp3) is 0.857. The van der Waals surface area contributed by atoms with E-state index in [0.717, 1.165) is 12.0 Å². The molecule has 1 aliphatic carbocycles. The molecule has 21 heavy (non-hydrogen) atoms. The maximum Gasteiger partial charge on any atom is 0.411 e. The Bertz CT molecular complexity index is 447. The number of fused-ring (bicyclic) bond motifs is 3. The lowest BCUT2D eigenvalue weighted by Crippen LogP contribution is -2.67. The van der Waals surface area contributed by atoms with Crippen molar-refractivity contribution in [3.8, 4) is 0 Å². The summed E-state index contributed by atoms with van der Waals surface area (Å²) in [6.07, 6.45) is -0.503. The Balaban J connectivity index is 2.30. The van der Waals surface area contributed by atoms with E-state index in [0.29, 0.717) is 6.42 Å². The number of rotatable bonds is 1. The summed E-state index contributed by atoms with van der Waals surface area (Å²) in [5.74, 6) is -4.97. The second-order valence-corrected chi connectivity index (χ2v) is 6.66. The van der Waals surface area contributed by atoms with Crippen molar-refractivity contribution in [1.82, 2.24) is 4.90 Å². The molecule has 1 saturated carbocycles. The molecule has 0 aromatic rings. The van der Waals surface area contributed by atoms with Gasteiger partial charge in [-0.15, -0.1) is 0 Å². The van der Waals surface area contributed by atoms with Gasteiger partial charge in [0, 0.05) is 12.5 Å². The fourth-order valence-corrected chi connectivity index (χ4v) is 3.17. The Labute approximate surface area is 122 Å². The molecular weight excluding hydrogens is 284 g/mol. The van der Waals surface area contributed by atoms with E-state index in [-0.39, 0.29) is 6.42 Å². The lowest BCUT2D eigenvalue weighted by molar-refractivity contribution is -0.194. The van der Waals surface area contributed by atoms with Gasteiger partial charge in [0.05, 0.1) is 13.0 Å². The van der Waals surface area contributed by atoms with Gasteiger partial charge in [0.15, 0.2) is 0 Å². The molecule has 0 aromatic carbocycles. The molecule has 5 nitrogen and oxygen atoms in total. The quantitative estimate of drug-likeness (QED) is 0.699. The summed E-state index contributed by atoms with van der Waals surface area (Å²) in [6, 6.07) is -1.96. The molecule has 0 radical (unpaired) electrons. The number of amides is 1. The van der Waals surface area contributed by atoms with Crippen molar-refractivity contribution in [2.45, 2.75) is 63.6 Å². The van der Waals surface area contributed by atoms with E-state index in [4.69, 9.17) is 4.74 Å². The normalized spacial score (nSPS) is 31.0. The zero-order chi connectivity index (χ0) is 16.0. The van der Waals surface area contributed by atoms with Gasteiger partial charge >= 0.3 is 12.1 Å². The summed E-state index contributed by atoms with van der Waals surface area (Å²) in [5, 5.41) is 0. The molecule has 0 unspecified atom stereocenters. The number of nitrogens with zero attached hydrogens (tertiary/aromatic N) is 1. The molecule has 0 N–H and O–H groups in total. The van der Waals surface area contributed by atoms with Crippen LogP contribution in [0.15, 0.2) is 0 Å². The molecule has 3 aliphatic rings. The largest absolute Gasteiger partial charge is 0.467 e. The van der Waals surface area contributed by atoms with Crippen LogP contribution in [0.1, 0.15) is 40.0 Å². The predicted molar refractivity (Wildman–Crippen MR) is 70.0 cm³/mol. The predicted octanol–water partition coefficient (Wildman–Crippen LogP) is 2.58. The van der Waals surface area contributed by atoms with Crippen molar-refractivity contribution in [3.63, 3.8) is 0 Å².